The highest BCUT2D eigenvalue weighted by Crippen LogP contribution is 2.29. The Kier molecular flexibility index (Phi) is 2.80. The van der Waals surface area contributed by atoms with Crippen LogP contribution in [0.2, 0.25) is 5.02 Å². The van der Waals surface area contributed by atoms with Gasteiger partial charge in [-0.2, -0.15) is 0 Å². The first-order valence-electron chi connectivity index (χ1n) is 5.72. The van der Waals surface area contributed by atoms with Crippen LogP contribution in [0.1, 0.15) is 15.9 Å². The van der Waals surface area contributed by atoms with E-state index in [4.69, 9.17) is 11.6 Å². The third-order valence-electron chi connectivity index (χ3n) is 2.96. The number of anilines is 1. The molecule has 19 heavy (non-hydrogen) atoms. The van der Waals surface area contributed by atoms with Gasteiger partial charge in [-0.25, -0.2) is 4.98 Å². The Morgan fingerprint density at radius 1 is 1.16 bits per heavy atom. The van der Waals surface area contributed by atoms with Gasteiger partial charge in [-0.05, 0) is 11.6 Å². The van der Waals surface area contributed by atoms with E-state index in [1.807, 2.05) is 30.3 Å². The maximum atomic E-state index is 12.0. The van der Waals surface area contributed by atoms with Gasteiger partial charge in [0.05, 0.1) is 17.1 Å². The lowest BCUT2D eigenvalue weighted by molar-refractivity contribution is -0.114. The molecule has 1 aliphatic heterocycles. The van der Waals surface area contributed by atoms with Crippen molar-refractivity contribution in [2.75, 3.05) is 4.90 Å². The van der Waals surface area contributed by atoms with Gasteiger partial charge >= 0.3 is 5.91 Å². The van der Waals surface area contributed by atoms with E-state index in [0.717, 1.165) is 5.56 Å². The van der Waals surface area contributed by atoms with Crippen LogP contribution >= 0.6 is 11.6 Å². The molecule has 94 valence electrons. The van der Waals surface area contributed by atoms with Gasteiger partial charge in [-0.15, -0.1) is 0 Å². The lowest BCUT2D eigenvalue weighted by Crippen LogP contribution is -2.29. The van der Waals surface area contributed by atoms with Crippen molar-refractivity contribution >= 4 is 29.1 Å². The van der Waals surface area contributed by atoms with Gasteiger partial charge in [0, 0.05) is 6.20 Å². The van der Waals surface area contributed by atoms with Gasteiger partial charge in [0.15, 0.2) is 0 Å². The van der Waals surface area contributed by atoms with E-state index >= 15 is 0 Å². The van der Waals surface area contributed by atoms with Gasteiger partial charge in [0.2, 0.25) is 0 Å². The van der Waals surface area contributed by atoms with Crippen LogP contribution in [0.15, 0.2) is 42.6 Å². The Bertz CT molecular complexity index is 670. The molecule has 5 heteroatoms. The molecule has 1 aliphatic rings. The third kappa shape index (κ3) is 2.00. The molecule has 0 N–H and O–H groups in total. The number of rotatable bonds is 2. The highest BCUT2D eigenvalue weighted by atomic mass is 35.5. The van der Waals surface area contributed by atoms with Gasteiger partial charge in [0.25, 0.3) is 5.78 Å². The molecule has 4 nitrogen and oxygen atoms in total. The predicted molar refractivity (Wildman–Crippen MR) is 71.2 cm³/mol. The van der Waals surface area contributed by atoms with Crippen molar-refractivity contribution in [3.63, 3.8) is 0 Å². The molecule has 2 aromatic rings. The number of hydrogen-bond acceptors (Lipinski definition) is 3. The second-order valence-corrected chi connectivity index (χ2v) is 4.67. The Morgan fingerprint density at radius 3 is 2.63 bits per heavy atom. The fourth-order valence-corrected chi connectivity index (χ4v) is 2.22. The quantitative estimate of drug-likeness (QED) is 0.789. The van der Waals surface area contributed by atoms with Crippen molar-refractivity contribution < 1.29 is 9.59 Å². The maximum Gasteiger partial charge on any atom is 0.301 e. The number of nitrogens with zero attached hydrogens (tertiary/aromatic N) is 2. The predicted octanol–water partition coefficient (Wildman–Crippen LogP) is 2.46. The first kappa shape index (κ1) is 11.9. The van der Waals surface area contributed by atoms with Crippen molar-refractivity contribution in [3.8, 4) is 0 Å². The van der Waals surface area contributed by atoms with Crippen LogP contribution in [0.4, 0.5) is 5.82 Å². The molecule has 0 unspecified atom stereocenters. The Balaban J connectivity index is 2.00. The number of hydrogen-bond donors (Lipinski definition) is 0. The summed E-state index contributed by atoms with van der Waals surface area (Å²) < 4.78 is 0. The normalized spacial score (nSPS) is 13.8. The standard InChI is InChI=1S/C14H9ClN2O2/c15-10-6-11-12(18)14(19)17(13(11)16-7-10)8-9-4-2-1-3-5-9/h1-7H,8H2. The van der Waals surface area contributed by atoms with Crippen LogP contribution in [0, 0.1) is 0 Å². The van der Waals surface area contributed by atoms with Crippen LogP contribution in [0.3, 0.4) is 0 Å². The van der Waals surface area contributed by atoms with E-state index in [9.17, 15) is 9.59 Å². The number of halogens is 1. The first-order chi connectivity index (χ1) is 9.16. The lowest BCUT2D eigenvalue weighted by atomic mass is 10.2. The average molecular weight is 273 g/mol. The minimum atomic E-state index is -0.561. The Hall–Kier alpha value is -2.20. The molecule has 0 atom stereocenters. The summed E-state index contributed by atoms with van der Waals surface area (Å²) >= 11 is 5.80. The van der Waals surface area contributed by atoms with E-state index in [2.05, 4.69) is 4.98 Å². The van der Waals surface area contributed by atoms with Gasteiger partial charge < -0.3 is 0 Å². The summed E-state index contributed by atoms with van der Waals surface area (Å²) in [5.41, 5.74) is 1.21. The summed E-state index contributed by atoms with van der Waals surface area (Å²) in [6, 6.07) is 10.9. The summed E-state index contributed by atoms with van der Waals surface area (Å²) in [5.74, 6) is -0.738. The van der Waals surface area contributed by atoms with Crippen molar-refractivity contribution in [1.29, 1.82) is 0 Å². The number of amides is 1. The maximum absolute atomic E-state index is 12.0. The van der Waals surface area contributed by atoms with Crippen LogP contribution in [0.5, 0.6) is 0 Å². The molecule has 3 rings (SSSR count). The van der Waals surface area contributed by atoms with E-state index in [-0.39, 0.29) is 5.56 Å². The summed E-state index contributed by atoms with van der Waals surface area (Å²) in [6.45, 7) is 0.326. The second kappa shape index (κ2) is 4.48. The molecule has 0 saturated carbocycles. The van der Waals surface area contributed by atoms with E-state index in [0.29, 0.717) is 17.4 Å². The number of ketones is 1. The SMILES string of the molecule is O=C1C(=O)N(Cc2ccccc2)c2ncc(Cl)cc21. The van der Waals surface area contributed by atoms with Crippen LogP contribution in [0.25, 0.3) is 0 Å². The van der Waals surface area contributed by atoms with Gasteiger partial charge in [-0.3, -0.25) is 14.5 Å². The van der Waals surface area contributed by atoms with E-state index in [1.165, 1.54) is 17.2 Å². The van der Waals surface area contributed by atoms with Gasteiger partial charge in [-0.1, -0.05) is 41.9 Å². The molecule has 1 amide bonds. The summed E-state index contributed by atoms with van der Waals surface area (Å²) in [4.78, 5) is 29.3. The number of carbonyl (C=O) groups excluding carboxylic acids is 2. The van der Waals surface area contributed by atoms with Crippen molar-refractivity contribution in [2.24, 2.45) is 0 Å². The third-order valence-corrected chi connectivity index (χ3v) is 3.16. The zero-order valence-corrected chi connectivity index (χ0v) is 10.6. The van der Waals surface area contributed by atoms with Crippen LogP contribution < -0.4 is 4.90 Å². The fourth-order valence-electron chi connectivity index (χ4n) is 2.06. The average Bonchev–Trinajstić information content (AvgIpc) is 2.65. The van der Waals surface area contributed by atoms with Crippen molar-refractivity contribution in [2.45, 2.75) is 6.54 Å². The lowest BCUT2D eigenvalue weighted by Gasteiger charge is -2.15. The zero-order chi connectivity index (χ0) is 13.4. The van der Waals surface area contributed by atoms with E-state index in [1.54, 1.807) is 0 Å². The molecule has 0 radical (unpaired) electrons. The minimum Gasteiger partial charge on any atom is -0.285 e. The highest BCUT2D eigenvalue weighted by Gasteiger charge is 2.37. The van der Waals surface area contributed by atoms with Crippen molar-refractivity contribution in [1.82, 2.24) is 4.98 Å². The Morgan fingerprint density at radius 2 is 1.89 bits per heavy atom. The minimum absolute atomic E-state index is 0.272. The molecule has 0 bridgehead atoms. The summed E-state index contributed by atoms with van der Waals surface area (Å²) in [5, 5.41) is 0.349. The summed E-state index contributed by atoms with van der Waals surface area (Å²) in [7, 11) is 0. The molecule has 1 aromatic carbocycles. The number of carbonyl (C=O) groups is 2. The number of pyridine rings is 1. The summed E-state index contributed by atoms with van der Waals surface area (Å²) in [6.07, 6.45) is 1.43. The molecular weight excluding hydrogens is 264 g/mol. The van der Waals surface area contributed by atoms with Crippen LogP contribution in [-0.4, -0.2) is 16.7 Å². The molecule has 0 spiro atoms. The van der Waals surface area contributed by atoms with Gasteiger partial charge in [0.1, 0.15) is 5.82 Å². The molecule has 0 aliphatic carbocycles. The van der Waals surface area contributed by atoms with Crippen molar-refractivity contribution in [3.05, 3.63) is 58.7 Å². The number of fused-ring (bicyclic) bond motifs is 1. The van der Waals surface area contributed by atoms with E-state index < -0.39 is 11.7 Å². The largest absolute Gasteiger partial charge is 0.301 e. The number of Topliss-reactive ketones (excluding diaryl/α,β-unsaturated/α-hetero) is 1. The number of benzene rings is 1. The highest BCUT2D eigenvalue weighted by molar-refractivity contribution is 6.52. The van der Waals surface area contributed by atoms with Crippen LogP contribution in [-0.2, 0) is 11.3 Å². The monoisotopic (exact) mass is 272 g/mol. The smallest absolute Gasteiger partial charge is 0.285 e. The zero-order valence-electron chi connectivity index (χ0n) is 9.84. The Labute approximate surface area is 114 Å². The first-order valence-corrected chi connectivity index (χ1v) is 6.10. The molecular formula is C14H9ClN2O2. The topological polar surface area (TPSA) is 50.3 Å². The fraction of sp³-hybridized carbons (Fsp3) is 0.0714. The second-order valence-electron chi connectivity index (χ2n) is 4.23. The molecule has 2 heterocycles. The molecule has 0 saturated heterocycles. The molecule has 1 aromatic heterocycles. The number of aromatic nitrogens is 1. The molecule has 0 fully saturated rings.